The van der Waals surface area contributed by atoms with Crippen LogP contribution in [0.5, 0.6) is 11.6 Å². The zero-order valence-electron chi connectivity index (χ0n) is 19.5. The Morgan fingerprint density at radius 3 is 2.42 bits per heavy atom. The molecule has 0 radical (unpaired) electrons. The van der Waals surface area contributed by atoms with Crippen LogP contribution in [-0.4, -0.2) is 24.6 Å². The monoisotopic (exact) mass is 452 g/mol. The van der Waals surface area contributed by atoms with Crippen molar-refractivity contribution in [3.05, 3.63) is 65.6 Å². The second-order valence-electron chi connectivity index (χ2n) is 9.38. The van der Waals surface area contributed by atoms with Crippen molar-refractivity contribution in [2.75, 3.05) is 13.7 Å². The minimum absolute atomic E-state index is 0.145. The van der Waals surface area contributed by atoms with Gasteiger partial charge in [-0.2, -0.15) is 0 Å². The van der Waals surface area contributed by atoms with Crippen molar-refractivity contribution in [1.82, 2.24) is 10.3 Å². The number of nitrogens with zero attached hydrogens (tertiary/aromatic N) is 1. The molecule has 3 fully saturated rings. The molecule has 1 amide bonds. The van der Waals surface area contributed by atoms with Gasteiger partial charge < -0.3 is 14.8 Å². The van der Waals surface area contributed by atoms with Gasteiger partial charge in [-0.1, -0.05) is 19.1 Å². The number of hydrogen-bond donors (Lipinski definition) is 1. The number of ether oxygens (including phenoxy) is 2. The number of rotatable bonds is 9. The first-order chi connectivity index (χ1) is 16.0. The molecule has 176 valence electrons. The lowest BCUT2D eigenvalue weighted by Crippen LogP contribution is -2.51. The fourth-order valence-electron chi connectivity index (χ4n) is 5.29. The fourth-order valence-corrected chi connectivity index (χ4v) is 5.29. The van der Waals surface area contributed by atoms with Crippen LogP contribution >= 0.6 is 0 Å². The zero-order valence-corrected chi connectivity index (χ0v) is 19.5. The van der Waals surface area contributed by atoms with Gasteiger partial charge in [-0.15, -0.1) is 0 Å². The summed E-state index contributed by atoms with van der Waals surface area (Å²) in [5.74, 6) is 1.49. The number of carbonyl (C=O) groups is 1. The molecule has 0 aliphatic heterocycles. The highest BCUT2D eigenvalue weighted by atomic mass is 19.1. The molecule has 0 atom stereocenters. The molecule has 3 aliphatic rings. The van der Waals surface area contributed by atoms with Gasteiger partial charge in [0.05, 0.1) is 13.4 Å². The molecule has 5 nitrogen and oxygen atoms in total. The van der Waals surface area contributed by atoms with Crippen molar-refractivity contribution >= 4 is 5.91 Å². The Morgan fingerprint density at radius 2 is 1.82 bits per heavy atom. The standard InChI is InChI=1S/C27H33FN2O3/c1-3-20(17-28)19-33-23-6-4-22(5-7-23)26-9-12-27(13-10-26,14-11-26)25(31)30-18-21-8-15-29-24(16-21)32-2/h4-8,15-17H,3,9-14,18-19H2,1-2H3,(H,30,31)/b20-17+. The van der Waals surface area contributed by atoms with Gasteiger partial charge in [0.25, 0.3) is 0 Å². The third-order valence-corrected chi connectivity index (χ3v) is 7.69. The van der Waals surface area contributed by atoms with E-state index in [4.69, 9.17) is 9.47 Å². The Hall–Kier alpha value is -2.89. The summed E-state index contributed by atoms with van der Waals surface area (Å²) in [5.41, 5.74) is 2.85. The number of benzene rings is 1. The van der Waals surface area contributed by atoms with E-state index in [1.807, 2.05) is 31.2 Å². The molecule has 1 aromatic carbocycles. The predicted octanol–water partition coefficient (Wildman–Crippen LogP) is 5.64. The van der Waals surface area contributed by atoms with Crippen molar-refractivity contribution in [2.45, 2.75) is 63.8 Å². The number of aromatic nitrogens is 1. The highest BCUT2D eigenvalue weighted by Gasteiger charge is 2.52. The minimum Gasteiger partial charge on any atom is -0.489 e. The number of methoxy groups -OCH3 is 1. The van der Waals surface area contributed by atoms with Gasteiger partial charge in [-0.3, -0.25) is 4.79 Å². The van der Waals surface area contributed by atoms with Crippen LogP contribution in [0.1, 0.15) is 63.0 Å². The topological polar surface area (TPSA) is 60.5 Å². The smallest absolute Gasteiger partial charge is 0.226 e. The highest BCUT2D eigenvalue weighted by Crippen LogP contribution is 2.58. The second kappa shape index (κ2) is 9.94. The van der Waals surface area contributed by atoms with Crippen molar-refractivity contribution in [3.63, 3.8) is 0 Å². The molecule has 0 saturated heterocycles. The molecular weight excluding hydrogens is 419 g/mol. The van der Waals surface area contributed by atoms with Crippen LogP contribution in [0.25, 0.3) is 0 Å². The first-order valence-corrected chi connectivity index (χ1v) is 11.8. The maximum atomic E-state index is 13.2. The van der Waals surface area contributed by atoms with E-state index in [9.17, 15) is 9.18 Å². The first-order valence-electron chi connectivity index (χ1n) is 11.8. The van der Waals surface area contributed by atoms with Crippen LogP contribution in [0.3, 0.4) is 0 Å². The Morgan fingerprint density at radius 1 is 1.12 bits per heavy atom. The van der Waals surface area contributed by atoms with E-state index in [2.05, 4.69) is 22.4 Å². The van der Waals surface area contributed by atoms with E-state index in [1.54, 1.807) is 13.3 Å². The van der Waals surface area contributed by atoms with Crippen LogP contribution in [0.4, 0.5) is 4.39 Å². The Bertz CT molecular complexity index is 978. The second-order valence-corrected chi connectivity index (χ2v) is 9.38. The summed E-state index contributed by atoms with van der Waals surface area (Å²) >= 11 is 0. The number of carbonyl (C=O) groups excluding carboxylic acids is 1. The van der Waals surface area contributed by atoms with E-state index in [-0.39, 0.29) is 23.3 Å². The molecule has 2 bridgehead atoms. The quantitative estimate of drug-likeness (QED) is 0.535. The Balaban J connectivity index is 1.34. The molecule has 1 aromatic heterocycles. The normalized spacial score (nSPS) is 24.4. The van der Waals surface area contributed by atoms with Crippen LogP contribution < -0.4 is 14.8 Å². The van der Waals surface area contributed by atoms with E-state index >= 15 is 0 Å². The minimum atomic E-state index is -0.253. The summed E-state index contributed by atoms with van der Waals surface area (Å²) in [5, 5.41) is 3.16. The third-order valence-electron chi connectivity index (χ3n) is 7.69. The average molecular weight is 453 g/mol. The van der Waals surface area contributed by atoms with Crippen LogP contribution in [0, 0.1) is 5.41 Å². The van der Waals surface area contributed by atoms with Gasteiger partial charge >= 0.3 is 0 Å². The molecule has 5 rings (SSSR count). The summed E-state index contributed by atoms with van der Waals surface area (Å²) in [6, 6.07) is 12.0. The summed E-state index contributed by atoms with van der Waals surface area (Å²) in [6.45, 7) is 2.69. The number of amides is 1. The Labute approximate surface area is 195 Å². The summed E-state index contributed by atoms with van der Waals surface area (Å²) in [7, 11) is 1.59. The number of fused-ring (bicyclic) bond motifs is 3. The van der Waals surface area contributed by atoms with Crippen LogP contribution in [0.2, 0.25) is 0 Å². The van der Waals surface area contributed by atoms with Crippen molar-refractivity contribution < 1.29 is 18.7 Å². The largest absolute Gasteiger partial charge is 0.489 e. The molecule has 1 heterocycles. The van der Waals surface area contributed by atoms with E-state index in [1.165, 1.54) is 5.56 Å². The van der Waals surface area contributed by atoms with Gasteiger partial charge in [0.15, 0.2) is 0 Å². The lowest BCUT2D eigenvalue weighted by atomic mass is 9.51. The molecule has 3 aliphatic carbocycles. The van der Waals surface area contributed by atoms with Crippen molar-refractivity contribution in [3.8, 4) is 11.6 Å². The molecule has 6 heteroatoms. The van der Waals surface area contributed by atoms with Crippen molar-refractivity contribution in [1.29, 1.82) is 0 Å². The van der Waals surface area contributed by atoms with Crippen LogP contribution in [-0.2, 0) is 16.8 Å². The van der Waals surface area contributed by atoms with Gasteiger partial charge in [0, 0.05) is 24.2 Å². The fraction of sp³-hybridized carbons (Fsp3) is 0.481. The SMILES string of the molecule is CC/C(=C\F)COc1ccc(C23CCC(C(=O)NCc4ccnc(OC)c4)(CC2)CC3)cc1. The van der Waals surface area contributed by atoms with Gasteiger partial charge in [0.2, 0.25) is 11.8 Å². The molecule has 3 saturated carbocycles. The number of nitrogens with one attached hydrogen (secondary N) is 1. The van der Waals surface area contributed by atoms with Gasteiger partial charge in [-0.25, -0.2) is 9.37 Å². The first kappa shape index (κ1) is 23.3. The summed E-state index contributed by atoms with van der Waals surface area (Å²) < 4.78 is 23.6. The van der Waals surface area contributed by atoms with Crippen molar-refractivity contribution in [2.24, 2.45) is 5.41 Å². The number of pyridine rings is 1. The van der Waals surface area contributed by atoms with Gasteiger partial charge in [-0.05, 0) is 85.3 Å². The van der Waals surface area contributed by atoms with Crippen LogP contribution in [0.15, 0.2) is 54.5 Å². The molecule has 1 N–H and O–H groups in total. The predicted molar refractivity (Wildman–Crippen MR) is 126 cm³/mol. The van der Waals surface area contributed by atoms with E-state index < -0.39 is 0 Å². The number of halogens is 1. The molecule has 0 spiro atoms. The van der Waals surface area contributed by atoms with Gasteiger partial charge in [0.1, 0.15) is 12.4 Å². The highest BCUT2D eigenvalue weighted by molar-refractivity contribution is 5.83. The van der Waals surface area contributed by atoms with E-state index in [0.29, 0.717) is 30.7 Å². The summed E-state index contributed by atoms with van der Waals surface area (Å²) in [4.78, 5) is 17.3. The molecule has 33 heavy (non-hydrogen) atoms. The lowest BCUT2D eigenvalue weighted by molar-refractivity contribution is -0.138. The maximum absolute atomic E-state index is 13.2. The molecule has 0 unspecified atom stereocenters. The summed E-state index contributed by atoms with van der Waals surface area (Å²) in [6.07, 6.45) is 8.78. The zero-order chi connectivity index (χ0) is 23.3. The lowest BCUT2D eigenvalue weighted by Gasteiger charge is -2.52. The number of hydrogen-bond acceptors (Lipinski definition) is 4. The average Bonchev–Trinajstić information content (AvgIpc) is 2.89. The maximum Gasteiger partial charge on any atom is 0.226 e. The molecular formula is C27H33FN2O3. The molecule has 2 aromatic rings. The third kappa shape index (κ3) is 4.90. The van der Waals surface area contributed by atoms with E-state index in [0.717, 1.165) is 49.8 Å². The Kier molecular flexibility index (Phi) is 7.01.